The summed E-state index contributed by atoms with van der Waals surface area (Å²) in [5.74, 6) is 0.562. The molecule has 0 bridgehead atoms. The molecule has 1 fully saturated rings. The number of anilines is 1. The van der Waals surface area contributed by atoms with Gasteiger partial charge >= 0.3 is 0 Å². The Morgan fingerprint density at radius 3 is 3.00 bits per heavy atom. The number of fused-ring (bicyclic) bond motifs is 1. The maximum absolute atomic E-state index is 11.8. The normalized spacial score (nSPS) is 23.1. The SMILES string of the molecule is O=S1CNc2ccc(CCCN3CCOCC3)cc21. The second-order valence-corrected chi connectivity index (χ2v) is 6.47. The van der Waals surface area contributed by atoms with Crippen LogP contribution in [0.15, 0.2) is 23.1 Å². The molecule has 0 aromatic heterocycles. The Balaban J connectivity index is 1.53. The zero-order valence-electron chi connectivity index (χ0n) is 11.1. The van der Waals surface area contributed by atoms with Gasteiger partial charge in [0.15, 0.2) is 0 Å². The lowest BCUT2D eigenvalue weighted by atomic mass is 10.1. The molecule has 0 radical (unpaired) electrons. The van der Waals surface area contributed by atoms with Gasteiger partial charge in [-0.3, -0.25) is 9.11 Å². The minimum absolute atomic E-state index is 0.562. The van der Waals surface area contributed by atoms with Crippen molar-refractivity contribution in [1.82, 2.24) is 4.90 Å². The van der Waals surface area contributed by atoms with E-state index >= 15 is 0 Å². The lowest BCUT2D eigenvalue weighted by molar-refractivity contribution is 0.0374. The van der Waals surface area contributed by atoms with Gasteiger partial charge < -0.3 is 10.1 Å². The molecule has 1 unspecified atom stereocenters. The fourth-order valence-electron chi connectivity index (χ4n) is 2.61. The van der Waals surface area contributed by atoms with E-state index in [0.29, 0.717) is 5.88 Å². The number of morpholine rings is 1. The predicted molar refractivity (Wildman–Crippen MR) is 76.9 cm³/mol. The van der Waals surface area contributed by atoms with Crippen molar-refractivity contribution in [2.24, 2.45) is 0 Å². The minimum Gasteiger partial charge on any atom is -0.379 e. The topological polar surface area (TPSA) is 41.6 Å². The smallest absolute Gasteiger partial charge is 0.0959 e. The first-order valence-corrected chi connectivity index (χ1v) is 8.20. The van der Waals surface area contributed by atoms with E-state index in [1.54, 1.807) is 0 Å². The van der Waals surface area contributed by atoms with E-state index in [-0.39, 0.29) is 0 Å². The number of benzene rings is 1. The number of ether oxygens (including phenoxy) is 1. The molecule has 1 atom stereocenters. The molecular weight excluding hydrogens is 260 g/mol. The lowest BCUT2D eigenvalue weighted by Gasteiger charge is -2.26. The van der Waals surface area contributed by atoms with Crippen LogP contribution in [-0.2, 0) is 22.0 Å². The standard InChI is InChI=1S/C14H20N2O2S/c17-19-11-15-13-4-3-12(10-14(13)19)2-1-5-16-6-8-18-9-7-16/h3-4,10,15H,1-2,5-9,11H2. The quantitative estimate of drug-likeness (QED) is 0.906. The number of hydrogen-bond donors (Lipinski definition) is 1. The summed E-state index contributed by atoms with van der Waals surface area (Å²) in [6.07, 6.45) is 2.21. The monoisotopic (exact) mass is 280 g/mol. The van der Waals surface area contributed by atoms with E-state index in [2.05, 4.69) is 28.4 Å². The molecule has 1 aromatic carbocycles. The summed E-state index contributed by atoms with van der Waals surface area (Å²) in [5, 5.41) is 3.16. The lowest BCUT2D eigenvalue weighted by Crippen LogP contribution is -2.36. The van der Waals surface area contributed by atoms with Crippen LogP contribution in [0.25, 0.3) is 0 Å². The van der Waals surface area contributed by atoms with E-state index < -0.39 is 10.8 Å². The van der Waals surface area contributed by atoms with E-state index in [1.165, 1.54) is 5.56 Å². The summed E-state index contributed by atoms with van der Waals surface area (Å²) in [5.41, 5.74) is 2.33. The van der Waals surface area contributed by atoms with Crippen molar-refractivity contribution in [2.75, 3.05) is 44.0 Å². The summed E-state index contributed by atoms with van der Waals surface area (Å²) < 4.78 is 17.1. The van der Waals surface area contributed by atoms with Gasteiger partial charge in [-0.15, -0.1) is 0 Å². The highest BCUT2D eigenvalue weighted by atomic mass is 32.2. The zero-order chi connectivity index (χ0) is 13.1. The van der Waals surface area contributed by atoms with Gasteiger partial charge in [-0.05, 0) is 37.1 Å². The molecule has 1 aromatic rings. The van der Waals surface area contributed by atoms with Crippen LogP contribution in [-0.4, -0.2) is 47.8 Å². The maximum Gasteiger partial charge on any atom is 0.0959 e. The van der Waals surface area contributed by atoms with Crippen molar-refractivity contribution in [3.63, 3.8) is 0 Å². The Morgan fingerprint density at radius 1 is 1.32 bits per heavy atom. The van der Waals surface area contributed by atoms with Crippen molar-refractivity contribution >= 4 is 16.5 Å². The van der Waals surface area contributed by atoms with Gasteiger partial charge in [0.2, 0.25) is 0 Å². The molecule has 4 nitrogen and oxygen atoms in total. The van der Waals surface area contributed by atoms with Crippen LogP contribution in [0, 0.1) is 0 Å². The van der Waals surface area contributed by atoms with Gasteiger partial charge in [0, 0.05) is 13.1 Å². The van der Waals surface area contributed by atoms with E-state index in [4.69, 9.17) is 4.74 Å². The average molecular weight is 280 g/mol. The molecule has 5 heteroatoms. The largest absolute Gasteiger partial charge is 0.379 e. The predicted octanol–water partition coefficient (Wildman–Crippen LogP) is 1.44. The molecule has 0 amide bonds. The third-order valence-electron chi connectivity index (χ3n) is 3.73. The van der Waals surface area contributed by atoms with Crippen LogP contribution < -0.4 is 5.32 Å². The molecular formula is C14H20N2O2S. The van der Waals surface area contributed by atoms with Crippen LogP contribution in [0.3, 0.4) is 0 Å². The molecule has 1 saturated heterocycles. The van der Waals surface area contributed by atoms with Crippen LogP contribution >= 0.6 is 0 Å². The second kappa shape index (κ2) is 6.03. The molecule has 19 heavy (non-hydrogen) atoms. The average Bonchev–Trinajstić information content (AvgIpc) is 2.82. The third-order valence-corrected chi connectivity index (χ3v) is 4.96. The molecule has 104 valence electrons. The van der Waals surface area contributed by atoms with Crippen LogP contribution in [0.4, 0.5) is 5.69 Å². The molecule has 2 heterocycles. The Hall–Kier alpha value is -0.910. The fraction of sp³-hybridized carbons (Fsp3) is 0.571. The van der Waals surface area contributed by atoms with Crippen molar-refractivity contribution < 1.29 is 8.95 Å². The number of aryl methyl sites for hydroxylation is 1. The van der Waals surface area contributed by atoms with Gasteiger partial charge in [0.1, 0.15) is 0 Å². The second-order valence-electron chi connectivity index (χ2n) is 5.05. The van der Waals surface area contributed by atoms with Crippen molar-refractivity contribution in [2.45, 2.75) is 17.7 Å². The van der Waals surface area contributed by atoms with Crippen molar-refractivity contribution in [3.8, 4) is 0 Å². The molecule has 3 rings (SSSR count). The third kappa shape index (κ3) is 3.16. The molecule has 0 saturated carbocycles. The molecule has 1 N–H and O–H groups in total. The number of rotatable bonds is 4. The van der Waals surface area contributed by atoms with Crippen LogP contribution in [0.1, 0.15) is 12.0 Å². The molecule has 0 aliphatic carbocycles. The molecule has 0 spiro atoms. The Morgan fingerprint density at radius 2 is 2.16 bits per heavy atom. The molecule has 2 aliphatic rings. The van der Waals surface area contributed by atoms with E-state index in [1.807, 2.05) is 0 Å². The van der Waals surface area contributed by atoms with Gasteiger partial charge in [-0.2, -0.15) is 0 Å². The van der Waals surface area contributed by atoms with Gasteiger partial charge in [0.25, 0.3) is 0 Å². The summed E-state index contributed by atoms with van der Waals surface area (Å²) in [7, 11) is -0.856. The first-order valence-electron chi connectivity index (χ1n) is 6.88. The molecule has 2 aliphatic heterocycles. The Bertz CT molecular complexity index is 473. The number of hydrogen-bond acceptors (Lipinski definition) is 4. The first-order chi connectivity index (χ1) is 9.33. The highest BCUT2D eigenvalue weighted by molar-refractivity contribution is 7.85. The minimum atomic E-state index is -0.856. The van der Waals surface area contributed by atoms with Crippen molar-refractivity contribution in [1.29, 1.82) is 0 Å². The fourth-order valence-corrected chi connectivity index (χ4v) is 3.72. The number of nitrogens with one attached hydrogen (secondary N) is 1. The van der Waals surface area contributed by atoms with Gasteiger partial charge in [0.05, 0.1) is 40.5 Å². The Kier molecular flexibility index (Phi) is 4.15. The summed E-state index contributed by atoms with van der Waals surface area (Å²) in [4.78, 5) is 3.43. The van der Waals surface area contributed by atoms with Gasteiger partial charge in [-0.25, -0.2) is 0 Å². The van der Waals surface area contributed by atoms with Crippen LogP contribution in [0.2, 0.25) is 0 Å². The van der Waals surface area contributed by atoms with E-state index in [0.717, 1.165) is 56.3 Å². The zero-order valence-corrected chi connectivity index (χ0v) is 11.9. The highest BCUT2D eigenvalue weighted by Gasteiger charge is 2.17. The van der Waals surface area contributed by atoms with E-state index in [9.17, 15) is 4.21 Å². The van der Waals surface area contributed by atoms with Crippen LogP contribution in [0.5, 0.6) is 0 Å². The summed E-state index contributed by atoms with van der Waals surface area (Å²) in [6, 6.07) is 6.31. The van der Waals surface area contributed by atoms with Crippen molar-refractivity contribution in [3.05, 3.63) is 23.8 Å². The first kappa shape index (κ1) is 13.1. The van der Waals surface area contributed by atoms with Gasteiger partial charge in [-0.1, -0.05) is 6.07 Å². The maximum atomic E-state index is 11.8. The summed E-state index contributed by atoms with van der Waals surface area (Å²) in [6.45, 7) is 4.96. The number of nitrogens with zero attached hydrogens (tertiary/aromatic N) is 1. The summed E-state index contributed by atoms with van der Waals surface area (Å²) >= 11 is 0. The Labute approximate surface area is 116 Å². The highest BCUT2D eigenvalue weighted by Crippen LogP contribution is 2.27.